The van der Waals surface area contributed by atoms with Gasteiger partial charge in [0.05, 0.1) is 6.54 Å². The van der Waals surface area contributed by atoms with Crippen molar-refractivity contribution in [2.75, 3.05) is 13.1 Å². The van der Waals surface area contributed by atoms with Crippen LogP contribution in [0.1, 0.15) is 46.0 Å². The molecule has 3 atom stereocenters. The Labute approximate surface area is 175 Å². The van der Waals surface area contributed by atoms with Gasteiger partial charge in [0.15, 0.2) is 0 Å². The Hall–Kier alpha value is -2.73. The highest BCUT2D eigenvalue weighted by atomic mass is 16.4. The fourth-order valence-electron chi connectivity index (χ4n) is 2.59. The first-order valence-electron chi connectivity index (χ1n) is 9.78. The largest absolute Gasteiger partial charge is 0.481 e. The van der Waals surface area contributed by atoms with Crippen molar-refractivity contribution in [3.8, 4) is 0 Å². The molecule has 0 aliphatic heterocycles. The van der Waals surface area contributed by atoms with E-state index < -0.39 is 60.1 Å². The molecule has 0 aromatic carbocycles. The lowest BCUT2D eigenvalue weighted by atomic mass is 10.0. The molecule has 0 heterocycles. The summed E-state index contributed by atoms with van der Waals surface area (Å²) in [6.07, 6.45) is 0.702. The van der Waals surface area contributed by atoms with Crippen molar-refractivity contribution < 1.29 is 34.2 Å². The first-order chi connectivity index (χ1) is 14.0. The predicted molar refractivity (Wildman–Crippen MR) is 107 cm³/mol. The summed E-state index contributed by atoms with van der Waals surface area (Å²) >= 11 is 0. The van der Waals surface area contributed by atoms with E-state index in [4.69, 9.17) is 16.6 Å². The van der Waals surface area contributed by atoms with E-state index in [0.29, 0.717) is 19.4 Å². The Kier molecular flexibility index (Phi) is 13.0. The van der Waals surface area contributed by atoms with Crippen molar-refractivity contribution in [2.24, 2.45) is 17.4 Å². The van der Waals surface area contributed by atoms with Crippen LogP contribution < -0.4 is 27.4 Å². The zero-order valence-corrected chi connectivity index (χ0v) is 17.3. The van der Waals surface area contributed by atoms with E-state index in [1.54, 1.807) is 13.8 Å². The van der Waals surface area contributed by atoms with Gasteiger partial charge in [-0.15, -0.1) is 0 Å². The van der Waals surface area contributed by atoms with Crippen LogP contribution in [0.4, 0.5) is 0 Å². The van der Waals surface area contributed by atoms with Crippen LogP contribution in [0.25, 0.3) is 0 Å². The molecule has 0 radical (unpaired) electrons. The minimum absolute atomic E-state index is 0.242. The number of hydrogen-bond donors (Lipinski definition) is 7. The van der Waals surface area contributed by atoms with Crippen molar-refractivity contribution in [1.29, 1.82) is 0 Å². The van der Waals surface area contributed by atoms with E-state index in [2.05, 4.69) is 16.0 Å². The number of nitrogens with one attached hydrogen (secondary N) is 3. The Morgan fingerprint density at radius 2 is 1.40 bits per heavy atom. The quantitative estimate of drug-likeness (QED) is 0.144. The smallest absolute Gasteiger partial charge is 0.326 e. The van der Waals surface area contributed by atoms with Gasteiger partial charge in [-0.3, -0.25) is 19.2 Å². The lowest BCUT2D eigenvalue weighted by molar-refractivity contribution is -0.144. The Morgan fingerprint density at radius 1 is 0.833 bits per heavy atom. The number of aliphatic carboxylic acids is 2. The van der Waals surface area contributed by atoms with Gasteiger partial charge >= 0.3 is 11.9 Å². The molecule has 30 heavy (non-hydrogen) atoms. The molecule has 3 amide bonds. The zero-order chi connectivity index (χ0) is 23.3. The van der Waals surface area contributed by atoms with E-state index >= 15 is 0 Å². The molecular formula is C18H33N5O7. The van der Waals surface area contributed by atoms with Crippen LogP contribution in [0.15, 0.2) is 0 Å². The third-order valence-electron chi connectivity index (χ3n) is 4.29. The number of amides is 3. The fourth-order valence-corrected chi connectivity index (χ4v) is 2.59. The van der Waals surface area contributed by atoms with Crippen molar-refractivity contribution in [2.45, 2.75) is 64.1 Å². The fraction of sp³-hybridized carbons (Fsp3) is 0.722. The first-order valence-corrected chi connectivity index (χ1v) is 9.78. The Balaban J connectivity index is 5.38. The summed E-state index contributed by atoms with van der Waals surface area (Å²) in [5, 5.41) is 25.4. The number of carbonyl (C=O) groups excluding carboxylic acids is 3. The standard InChI is InChI=1S/C18H33N5O7/c1-10(2)15(18(29)30)23-17(28)12(6-7-14(25)26)22-16(27)11(5-3-4-8-19)21-13(24)9-20/h10-12,15H,3-9,19-20H2,1-2H3,(H,21,24)(H,22,27)(H,23,28)(H,25,26)(H,29,30). The third-order valence-corrected chi connectivity index (χ3v) is 4.29. The Bertz CT molecular complexity index is 612. The van der Waals surface area contributed by atoms with Crippen LogP contribution in [-0.2, 0) is 24.0 Å². The number of carbonyl (C=O) groups is 5. The summed E-state index contributed by atoms with van der Waals surface area (Å²) in [6.45, 7) is 3.26. The number of unbranched alkanes of at least 4 members (excludes halogenated alkanes) is 1. The third kappa shape index (κ3) is 10.7. The van der Waals surface area contributed by atoms with Crippen LogP contribution in [0.3, 0.4) is 0 Å². The summed E-state index contributed by atoms with van der Waals surface area (Å²) in [4.78, 5) is 59.1. The molecule has 12 nitrogen and oxygen atoms in total. The SMILES string of the molecule is CC(C)C(NC(=O)C(CCC(=O)O)NC(=O)C(CCCCN)NC(=O)CN)C(=O)O. The summed E-state index contributed by atoms with van der Waals surface area (Å²) in [7, 11) is 0. The number of carboxylic acid groups (broad SMARTS) is 2. The number of hydrogen-bond acceptors (Lipinski definition) is 7. The van der Waals surface area contributed by atoms with Crippen molar-refractivity contribution in [3.05, 3.63) is 0 Å². The highest BCUT2D eigenvalue weighted by molar-refractivity contribution is 5.93. The molecule has 0 bridgehead atoms. The normalized spacial score (nSPS) is 13.8. The van der Waals surface area contributed by atoms with Crippen LogP contribution in [0.2, 0.25) is 0 Å². The van der Waals surface area contributed by atoms with Gasteiger partial charge in [0.1, 0.15) is 18.1 Å². The molecule has 3 unspecified atom stereocenters. The highest BCUT2D eigenvalue weighted by Gasteiger charge is 2.30. The van der Waals surface area contributed by atoms with E-state index in [1.165, 1.54) is 0 Å². The first kappa shape index (κ1) is 27.3. The van der Waals surface area contributed by atoms with E-state index in [0.717, 1.165) is 0 Å². The van der Waals surface area contributed by atoms with Crippen LogP contribution in [0, 0.1) is 5.92 Å². The molecule has 0 aliphatic rings. The van der Waals surface area contributed by atoms with Gasteiger partial charge in [0.25, 0.3) is 0 Å². The molecule has 0 spiro atoms. The van der Waals surface area contributed by atoms with E-state index in [1.807, 2.05) is 0 Å². The molecule has 0 aliphatic carbocycles. The van der Waals surface area contributed by atoms with E-state index in [9.17, 15) is 29.1 Å². The second-order valence-corrected chi connectivity index (χ2v) is 7.17. The second kappa shape index (κ2) is 14.3. The summed E-state index contributed by atoms with van der Waals surface area (Å²) in [6, 6.07) is -3.49. The van der Waals surface area contributed by atoms with Gasteiger partial charge in [-0.1, -0.05) is 13.8 Å². The van der Waals surface area contributed by atoms with Crippen molar-refractivity contribution in [1.82, 2.24) is 16.0 Å². The molecule has 9 N–H and O–H groups in total. The van der Waals surface area contributed by atoms with Crippen LogP contribution in [-0.4, -0.2) is 71.1 Å². The summed E-state index contributed by atoms with van der Waals surface area (Å²) < 4.78 is 0. The lowest BCUT2D eigenvalue weighted by Gasteiger charge is -2.25. The number of nitrogens with two attached hydrogens (primary N) is 2. The number of carboxylic acids is 2. The van der Waals surface area contributed by atoms with Gasteiger partial charge in [0, 0.05) is 6.42 Å². The molecule has 172 valence electrons. The maximum absolute atomic E-state index is 12.7. The average Bonchev–Trinajstić information content (AvgIpc) is 2.67. The maximum Gasteiger partial charge on any atom is 0.326 e. The molecule has 0 aromatic rings. The van der Waals surface area contributed by atoms with E-state index in [-0.39, 0.29) is 19.4 Å². The predicted octanol–water partition coefficient (Wildman–Crippen LogP) is -1.87. The number of rotatable bonds is 15. The average molecular weight is 431 g/mol. The van der Waals surface area contributed by atoms with Gasteiger partial charge < -0.3 is 37.6 Å². The summed E-state index contributed by atoms with van der Waals surface area (Å²) in [5.41, 5.74) is 10.7. The maximum atomic E-state index is 12.7. The van der Waals surface area contributed by atoms with Gasteiger partial charge in [-0.25, -0.2) is 4.79 Å². The molecule has 0 saturated heterocycles. The van der Waals surface area contributed by atoms with Crippen LogP contribution >= 0.6 is 0 Å². The van der Waals surface area contributed by atoms with Crippen molar-refractivity contribution in [3.63, 3.8) is 0 Å². The van der Waals surface area contributed by atoms with Crippen LogP contribution in [0.5, 0.6) is 0 Å². The molecule has 0 fully saturated rings. The van der Waals surface area contributed by atoms with Gasteiger partial charge in [0.2, 0.25) is 17.7 Å². The van der Waals surface area contributed by atoms with Gasteiger partial charge in [-0.2, -0.15) is 0 Å². The van der Waals surface area contributed by atoms with Gasteiger partial charge in [-0.05, 0) is 38.1 Å². The molecular weight excluding hydrogens is 398 g/mol. The second-order valence-electron chi connectivity index (χ2n) is 7.17. The topological polar surface area (TPSA) is 214 Å². The highest BCUT2D eigenvalue weighted by Crippen LogP contribution is 2.07. The monoisotopic (exact) mass is 431 g/mol. The summed E-state index contributed by atoms with van der Waals surface area (Å²) in [5.74, 6) is -4.96. The molecule has 0 aromatic heterocycles. The minimum Gasteiger partial charge on any atom is -0.481 e. The Morgan fingerprint density at radius 3 is 1.87 bits per heavy atom. The lowest BCUT2D eigenvalue weighted by Crippen LogP contribution is -2.57. The zero-order valence-electron chi connectivity index (χ0n) is 17.3. The molecule has 0 saturated carbocycles. The van der Waals surface area contributed by atoms with Crippen molar-refractivity contribution >= 4 is 29.7 Å². The molecule has 0 rings (SSSR count). The molecule has 12 heteroatoms. The minimum atomic E-state index is -1.29.